The van der Waals surface area contributed by atoms with E-state index in [0.717, 1.165) is 89.5 Å². The molecule has 0 saturated carbocycles. The molecule has 0 N–H and O–H groups in total. The quantitative estimate of drug-likeness (QED) is 0.102. The molecule has 0 atom stereocenters. The van der Waals surface area contributed by atoms with E-state index in [2.05, 4.69) is 221 Å². The summed E-state index contributed by atoms with van der Waals surface area (Å²) in [6, 6.07) is 107. The summed E-state index contributed by atoms with van der Waals surface area (Å²) < 4.78 is 81.1. The Balaban J connectivity index is 0.000000135. The van der Waals surface area contributed by atoms with E-state index in [9.17, 15) is 0 Å². The lowest BCUT2D eigenvalue weighted by molar-refractivity contribution is 0.543. The van der Waals surface area contributed by atoms with Crippen molar-refractivity contribution in [2.24, 2.45) is 0 Å². The minimum absolute atomic E-state index is 0.0537. The van der Waals surface area contributed by atoms with Crippen LogP contribution < -0.4 is 0 Å². The van der Waals surface area contributed by atoms with Crippen LogP contribution in [0.4, 0.5) is 0 Å². The summed E-state index contributed by atoms with van der Waals surface area (Å²) in [6.07, 6.45) is 0. The maximum Gasteiger partial charge on any atom is 0.164 e. The van der Waals surface area contributed by atoms with Gasteiger partial charge in [0.2, 0.25) is 0 Å². The predicted octanol–water partition coefficient (Wildman–Crippen LogP) is 29.8. The summed E-state index contributed by atoms with van der Waals surface area (Å²) in [5, 5.41) is 0.898. The van der Waals surface area contributed by atoms with Crippen molar-refractivity contribution in [2.75, 3.05) is 0 Å². The van der Waals surface area contributed by atoms with Crippen molar-refractivity contribution in [3.63, 3.8) is 0 Å². The summed E-state index contributed by atoms with van der Waals surface area (Å²) >= 11 is 0. The van der Waals surface area contributed by atoms with E-state index < -0.39 is 6.04 Å². The summed E-state index contributed by atoms with van der Waals surface area (Å²) in [7, 11) is 0. The van der Waals surface area contributed by atoms with Crippen LogP contribution in [0.1, 0.15) is 131 Å². The molecular formula is C118H106N12. The van der Waals surface area contributed by atoms with Gasteiger partial charge in [-0.2, -0.15) is 0 Å². The number of rotatable bonds is 14. The summed E-state index contributed by atoms with van der Waals surface area (Å²) in [6.45, 7) is 29.1. The first-order chi connectivity index (χ1) is 66.8. The van der Waals surface area contributed by atoms with Gasteiger partial charge in [-0.05, 0) is 116 Å². The van der Waals surface area contributed by atoms with Crippen molar-refractivity contribution >= 4 is 10.8 Å². The zero-order valence-corrected chi connectivity index (χ0v) is 75.5. The van der Waals surface area contributed by atoms with Crippen molar-refractivity contribution in [2.45, 2.75) is 119 Å². The number of fused-ring (bicyclic) bond motifs is 1. The highest BCUT2D eigenvalue weighted by molar-refractivity contribution is 5.87. The smallest absolute Gasteiger partial charge is 0.164 e. The Labute approximate surface area is 778 Å². The van der Waals surface area contributed by atoms with Gasteiger partial charge in [-0.3, -0.25) is 0 Å². The molecule has 0 bridgehead atoms. The molecule has 12 nitrogen and oxygen atoms in total. The number of nitrogens with zero attached hydrogens (tertiary/aromatic N) is 12. The second-order valence-corrected chi connectivity index (χ2v) is 36.1. The topological polar surface area (TPSA) is 155 Å². The van der Waals surface area contributed by atoms with Gasteiger partial charge < -0.3 is 0 Å². The van der Waals surface area contributed by atoms with E-state index >= 15 is 0 Å². The average molecular weight is 1700 g/mol. The lowest BCUT2D eigenvalue weighted by Crippen LogP contribution is -2.18. The first kappa shape index (κ1) is 75.9. The number of hydrogen-bond donors (Lipinski definition) is 0. The SMILES string of the molecule is Cc1cccc(-c2nc(-c3ccc(-c4ccc(-c5ccccc5)cc4)cc3)nc(C(C)(C)C)n2)c1.[2H]c1c([2H])c([2H])c(-c2ccc(-c3ccccc3-c3nc(-c4ccccc4)nc(C(C)(C)C)n3)cc2)c([2H])c1[2H].[2H]c1c([2H])c([2H])c2cc(-c3nc(-c4cccc(-c5ccccc5)c4)nc(C(C)(C)C)n3)ccc2c1[2H].[2H]c1cc(C)cc(-c2nc(-c3ccc(-c4ccccc4)cc3)nc(C(C)(C)C)n2)c1. The van der Waals surface area contributed by atoms with Crippen LogP contribution in [-0.2, 0) is 21.7 Å². The molecule has 0 radical (unpaired) electrons. The van der Waals surface area contributed by atoms with E-state index in [1.807, 2.05) is 167 Å². The fourth-order valence-electron chi connectivity index (χ4n) is 14.4. The summed E-state index contributed by atoms with van der Waals surface area (Å²) in [5.41, 5.74) is 20.1. The molecule has 0 amide bonds. The molecule has 15 aromatic carbocycles. The van der Waals surface area contributed by atoms with Crippen LogP contribution in [0.3, 0.4) is 0 Å². The third kappa shape index (κ3) is 21.8. The standard InChI is InChI=1S/C32H29N3.C31H27N3.C29H25N3.C26H25N3/c1-22-9-8-12-28(21-22)30-33-29(34-31(35-30)32(2,3)4)27-19-17-26(18-20-27)25-15-13-24(14-16-25)23-10-6-5-7-11-23;1-31(2,3)30-33-28(25-14-8-5-9-15-25)32-29(34-30)27-17-11-10-16-26(27)24-20-18-23(19-21-24)22-12-6-4-7-13-22;1-29(2,3)28-31-26(24-15-9-14-23(18-24)20-10-5-4-6-11-20)30-27(32-28)25-17-16-21-12-7-8-13-22(21)19-25;1-18-9-8-12-22(17-18)24-27-23(28-25(29-24)26(2,3)4)21-15-13-20(14-16-21)19-10-6-5-7-11-19/h5-21H,1-4H3;4-21H,1-3H3;4-19H,1-3H3;5-17H,1-4H3/i;4D,6D,7D,12D,13D;7D,8D,12D,13D;8D. The Hall–Kier alpha value is -15.4. The van der Waals surface area contributed by atoms with Crippen molar-refractivity contribution in [1.29, 1.82) is 0 Å². The van der Waals surface area contributed by atoms with Gasteiger partial charge in [0.25, 0.3) is 0 Å². The Morgan fingerprint density at radius 2 is 0.438 bits per heavy atom. The fourth-order valence-corrected chi connectivity index (χ4v) is 14.4. The molecule has 0 fully saturated rings. The summed E-state index contributed by atoms with van der Waals surface area (Å²) in [5.74, 6) is 7.73. The van der Waals surface area contributed by atoms with E-state index in [4.69, 9.17) is 73.5 Å². The molecule has 0 spiro atoms. The molecule has 12 heteroatoms. The van der Waals surface area contributed by atoms with Crippen LogP contribution in [0.2, 0.25) is 0 Å². The van der Waals surface area contributed by atoms with Gasteiger partial charge in [0.15, 0.2) is 46.6 Å². The maximum atomic E-state index is 8.36. The molecule has 0 aliphatic carbocycles. The third-order valence-corrected chi connectivity index (χ3v) is 21.6. The molecule has 4 heterocycles. The molecule has 0 aliphatic heterocycles. The van der Waals surface area contributed by atoms with Crippen molar-refractivity contribution in [3.8, 4) is 158 Å². The first-order valence-electron chi connectivity index (χ1n) is 48.5. The van der Waals surface area contributed by atoms with Crippen molar-refractivity contribution in [1.82, 2.24) is 59.8 Å². The molecule has 130 heavy (non-hydrogen) atoms. The van der Waals surface area contributed by atoms with Gasteiger partial charge in [0, 0.05) is 66.2 Å². The van der Waals surface area contributed by atoms with Gasteiger partial charge in [-0.15, -0.1) is 0 Å². The zero-order chi connectivity index (χ0) is 99.2. The molecule has 4 aromatic heterocycles. The highest BCUT2D eigenvalue weighted by Crippen LogP contribution is 2.38. The van der Waals surface area contributed by atoms with Crippen LogP contribution >= 0.6 is 0 Å². The van der Waals surface area contributed by atoms with E-state index in [-0.39, 0.29) is 75.6 Å². The zero-order valence-electron chi connectivity index (χ0n) is 85.5. The molecule has 638 valence electrons. The number of hydrogen-bond acceptors (Lipinski definition) is 12. The summed E-state index contributed by atoms with van der Waals surface area (Å²) in [4.78, 5) is 57.7. The molecule has 19 aromatic rings. The minimum atomic E-state index is -0.402. The highest BCUT2D eigenvalue weighted by atomic mass is 15.1. The Morgan fingerprint density at radius 3 is 0.854 bits per heavy atom. The van der Waals surface area contributed by atoms with Gasteiger partial charge in [-0.1, -0.05) is 458 Å². The second-order valence-electron chi connectivity index (χ2n) is 36.1. The molecule has 0 saturated heterocycles. The second kappa shape index (κ2) is 38.8. The normalized spacial score (nSPS) is 12.5. The lowest BCUT2D eigenvalue weighted by Gasteiger charge is -2.19. The maximum absolute atomic E-state index is 8.36. The molecule has 0 aliphatic rings. The van der Waals surface area contributed by atoms with Gasteiger partial charge >= 0.3 is 0 Å². The Morgan fingerprint density at radius 1 is 0.169 bits per heavy atom. The van der Waals surface area contributed by atoms with Crippen molar-refractivity contribution in [3.05, 3.63) is 422 Å². The van der Waals surface area contributed by atoms with Crippen LogP contribution in [0.25, 0.3) is 169 Å². The van der Waals surface area contributed by atoms with E-state index in [1.54, 1.807) is 36.4 Å². The van der Waals surface area contributed by atoms with E-state index in [0.29, 0.717) is 86.2 Å². The highest BCUT2D eigenvalue weighted by Gasteiger charge is 2.27. The number of aromatic nitrogens is 12. The third-order valence-electron chi connectivity index (χ3n) is 21.6. The van der Waals surface area contributed by atoms with Crippen LogP contribution in [-0.4, -0.2) is 59.8 Å². The number of benzene rings is 15. The van der Waals surface area contributed by atoms with Crippen LogP contribution in [0.15, 0.2) is 388 Å². The number of aryl methyl sites for hydroxylation is 2. The van der Waals surface area contributed by atoms with Gasteiger partial charge in [0.1, 0.15) is 23.3 Å². The largest absolute Gasteiger partial charge is 0.212 e. The Bertz CT molecular complexity index is 7700. The van der Waals surface area contributed by atoms with Gasteiger partial charge in [0.05, 0.1) is 13.7 Å². The van der Waals surface area contributed by atoms with Crippen LogP contribution in [0.5, 0.6) is 0 Å². The monoisotopic (exact) mass is 1700 g/mol. The fraction of sp³-hybridized carbons (Fsp3) is 0.153. The van der Waals surface area contributed by atoms with Crippen LogP contribution in [0, 0.1) is 13.8 Å². The Kier molecular flexibility index (Phi) is 22.7. The van der Waals surface area contributed by atoms with Crippen molar-refractivity contribution < 1.29 is 13.7 Å². The lowest BCUT2D eigenvalue weighted by atomic mass is 9.94. The molecule has 0 unspecified atom stereocenters. The minimum Gasteiger partial charge on any atom is -0.212 e. The first-order valence-corrected chi connectivity index (χ1v) is 43.5. The molecule has 19 rings (SSSR count). The predicted molar refractivity (Wildman–Crippen MR) is 537 cm³/mol. The molecular weight excluding hydrogens is 1590 g/mol. The average Bonchev–Trinajstić information content (AvgIpc) is 0.763. The van der Waals surface area contributed by atoms with E-state index in [1.165, 1.54) is 27.8 Å². The van der Waals surface area contributed by atoms with Gasteiger partial charge in [-0.25, -0.2) is 59.8 Å².